The Hall–Kier alpha value is -0.340. The smallest absolute Gasteiger partial charge is 0.250 e. The zero-order valence-corrected chi connectivity index (χ0v) is 31.4. The second kappa shape index (κ2) is 22.3. The van der Waals surface area contributed by atoms with E-state index in [1.165, 1.54) is 97.3 Å². The van der Waals surface area contributed by atoms with Gasteiger partial charge in [0.1, 0.15) is 0 Å². The fourth-order valence-electron chi connectivity index (χ4n) is 6.74. The predicted octanol–water partition coefficient (Wildman–Crippen LogP) is 8.19. The third-order valence-corrected chi connectivity index (χ3v) is 10.4. The van der Waals surface area contributed by atoms with Crippen LogP contribution in [0.4, 0.5) is 8.78 Å². The van der Waals surface area contributed by atoms with Crippen LogP contribution in [0.3, 0.4) is 0 Å². The molecule has 0 spiro atoms. The molecule has 0 atom stereocenters. The molecule has 1 saturated carbocycles. The van der Waals surface area contributed by atoms with Crippen molar-refractivity contribution in [2.45, 2.75) is 157 Å². The lowest BCUT2D eigenvalue weighted by molar-refractivity contribution is -0.0603. The molecule has 0 aromatic rings. The Morgan fingerprint density at radius 3 is 1.18 bits per heavy atom. The first kappa shape index (κ1) is 41.7. The van der Waals surface area contributed by atoms with Gasteiger partial charge >= 0.3 is 0 Å². The van der Waals surface area contributed by atoms with Crippen molar-refractivity contribution in [2.75, 3.05) is 72.5 Å². The number of hydrogen-bond donors (Lipinski definition) is 0. The van der Waals surface area contributed by atoms with Crippen LogP contribution in [0.5, 0.6) is 0 Å². The summed E-state index contributed by atoms with van der Waals surface area (Å²) in [4.78, 5) is 12.2. The number of piperidine rings is 1. The average molecular weight is 630 g/mol. The van der Waals surface area contributed by atoms with Crippen LogP contribution in [-0.4, -0.2) is 127 Å². The lowest BCUT2D eigenvalue weighted by atomic mass is 9.82. The third-order valence-electron chi connectivity index (χ3n) is 10.4. The Kier molecular flexibility index (Phi) is 21.1. The molecule has 3 heterocycles. The topological polar surface area (TPSA) is 16.2 Å². The van der Waals surface area contributed by atoms with Crippen molar-refractivity contribution < 1.29 is 8.78 Å². The Morgan fingerprint density at radius 2 is 0.818 bits per heavy atom. The highest BCUT2D eigenvalue weighted by atomic mass is 19.3. The second-order valence-electron chi connectivity index (χ2n) is 15.5. The lowest BCUT2D eigenvalue weighted by Gasteiger charge is -2.34. The van der Waals surface area contributed by atoms with Gasteiger partial charge in [0.05, 0.1) is 0 Å². The minimum absolute atomic E-state index is 0.0329. The molecule has 0 radical (unpaired) electrons. The first-order valence-corrected chi connectivity index (χ1v) is 18.7. The minimum Gasteiger partial charge on any atom is -0.305 e. The van der Waals surface area contributed by atoms with E-state index in [4.69, 9.17) is 0 Å². The lowest BCUT2D eigenvalue weighted by Crippen LogP contribution is -2.42. The molecule has 4 aliphatic rings. The van der Waals surface area contributed by atoms with Crippen molar-refractivity contribution in [1.29, 1.82) is 0 Å². The van der Waals surface area contributed by atoms with E-state index in [0.29, 0.717) is 31.2 Å². The molecule has 3 aliphatic heterocycles. The summed E-state index contributed by atoms with van der Waals surface area (Å²) < 4.78 is 25.2. The number of likely N-dealkylation sites (N-methyl/N-ethyl adjacent to an activating group) is 1. The standard InChI is InChI=1S/C11H24N2.C9H20N2.C9H18.C8H15F2N/c1-10(2)12-6-5-7-13(9-8-12)11(3)4;1-9(2)11-6-4-5-10(3)7-8-11;1-8(2)9-6-4-3-5-7-9;1-7(2)11-5-3-8(9,10)4-6-11/h10-11H,5-9H2,1-4H3;9H,4-8H2,1-3H3;8-9H,3-7H2,1-2H3;7H,3-6H2,1-2H3. The van der Waals surface area contributed by atoms with Crippen LogP contribution in [-0.2, 0) is 0 Å². The Morgan fingerprint density at radius 1 is 0.455 bits per heavy atom. The molecule has 4 rings (SSSR count). The van der Waals surface area contributed by atoms with Crippen LogP contribution in [0.25, 0.3) is 0 Å². The maximum atomic E-state index is 12.6. The summed E-state index contributed by atoms with van der Waals surface area (Å²) in [6, 6.07) is 2.56. The van der Waals surface area contributed by atoms with Crippen molar-refractivity contribution in [2.24, 2.45) is 11.8 Å². The van der Waals surface area contributed by atoms with Gasteiger partial charge in [-0.2, -0.15) is 0 Å². The second-order valence-corrected chi connectivity index (χ2v) is 15.5. The molecule has 7 heteroatoms. The minimum atomic E-state index is -2.40. The van der Waals surface area contributed by atoms with Gasteiger partial charge in [0, 0.05) is 76.3 Å². The van der Waals surface area contributed by atoms with Crippen LogP contribution in [0.15, 0.2) is 0 Å². The first-order valence-electron chi connectivity index (χ1n) is 18.7. The van der Waals surface area contributed by atoms with Gasteiger partial charge in [-0.25, -0.2) is 8.78 Å². The fourth-order valence-corrected chi connectivity index (χ4v) is 6.74. The zero-order chi connectivity index (χ0) is 33.3. The van der Waals surface area contributed by atoms with Gasteiger partial charge in [-0.15, -0.1) is 0 Å². The first-order chi connectivity index (χ1) is 20.6. The van der Waals surface area contributed by atoms with E-state index in [0.717, 1.165) is 17.9 Å². The van der Waals surface area contributed by atoms with E-state index in [2.05, 4.69) is 86.9 Å². The molecular formula is C37H77F2N5. The Balaban J connectivity index is 0.000000295. The number of hydrogen-bond acceptors (Lipinski definition) is 5. The summed E-state index contributed by atoms with van der Waals surface area (Å²) in [5, 5.41) is 0. The Labute approximate surface area is 274 Å². The zero-order valence-electron chi connectivity index (χ0n) is 31.4. The summed E-state index contributed by atoms with van der Waals surface area (Å²) in [5.41, 5.74) is 0. The maximum Gasteiger partial charge on any atom is 0.250 e. The molecule has 5 nitrogen and oxygen atoms in total. The highest BCUT2D eigenvalue weighted by Gasteiger charge is 2.34. The SMILES string of the molecule is CC(C)C1CCCCC1.CC(C)N1CCC(F)(F)CC1.CC(C)N1CCCN(C(C)C)CC1.CC(C)N1CCCN(C)CC1. The third kappa shape index (κ3) is 18.1. The maximum absolute atomic E-state index is 12.6. The number of alkyl halides is 2. The van der Waals surface area contributed by atoms with Crippen molar-refractivity contribution in [1.82, 2.24) is 24.5 Å². The van der Waals surface area contributed by atoms with Crippen LogP contribution < -0.4 is 0 Å². The van der Waals surface area contributed by atoms with E-state index in [9.17, 15) is 8.78 Å². The largest absolute Gasteiger partial charge is 0.305 e. The van der Waals surface area contributed by atoms with E-state index >= 15 is 0 Å². The number of halogens is 2. The molecule has 0 aromatic carbocycles. The summed E-state index contributed by atoms with van der Waals surface area (Å²) in [6.07, 6.45) is 10.2. The van der Waals surface area contributed by atoms with Gasteiger partial charge in [-0.1, -0.05) is 46.0 Å². The van der Waals surface area contributed by atoms with Gasteiger partial charge in [0.25, 0.3) is 5.92 Å². The highest BCUT2D eigenvalue weighted by Crippen LogP contribution is 2.29. The highest BCUT2D eigenvalue weighted by molar-refractivity contribution is 4.79. The molecule has 0 unspecified atom stereocenters. The van der Waals surface area contributed by atoms with Gasteiger partial charge in [0.2, 0.25) is 0 Å². The van der Waals surface area contributed by atoms with Crippen LogP contribution >= 0.6 is 0 Å². The Bertz CT molecular complexity index is 667. The molecule has 0 bridgehead atoms. The molecule has 264 valence electrons. The quantitative estimate of drug-likeness (QED) is 0.304. The molecule has 0 amide bonds. The van der Waals surface area contributed by atoms with E-state index in [1.807, 2.05) is 13.8 Å². The van der Waals surface area contributed by atoms with Crippen LogP contribution in [0.2, 0.25) is 0 Å². The van der Waals surface area contributed by atoms with Gasteiger partial charge in [-0.05, 0) is 113 Å². The fraction of sp³-hybridized carbons (Fsp3) is 1.00. The number of nitrogens with zero attached hydrogens (tertiary/aromatic N) is 5. The van der Waals surface area contributed by atoms with Crippen molar-refractivity contribution in [3.63, 3.8) is 0 Å². The van der Waals surface area contributed by atoms with Crippen molar-refractivity contribution >= 4 is 0 Å². The molecule has 44 heavy (non-hydrogen) atoms. The van der Waals surface area contributed by atoms with Crippen molar-refractivity contribution in [3.8, 4) is 0 Å². The van der Waals surface area contributed by atoms with E-state index in [1.54, 1.807) is 0 Å². The van der Waals surface area contributed by atoms with E-state index < -0.39 is 5.92 Å². The van der Waals surface area contributed by atoms with Gasteiger partial charge in [0.15, 0.2) is 0 Å². The summed E-state index contributed by atoms with van der Waals surface area (Å²) >= 11 is 0. The molecular weight excluding hydrogens is 552 g/mol. The molecule has 0 aromatic heterocycles. The van der Waals surface area contributed by atoms with Gasteiger partial charge in [-0.3, -0.25) is 14.7 Å². The summed E-state index contributed by atoms with van der Waals surface area (Å²) in [6.45, 7) is 33.7. The molecule has 1 aliphatic carbocycles. The average Bonchev–Trinajstić information content (AvgIpc) is 3.35. The molecule has 4 fully saturated rings. The monoisotopic (exact) mass is 630 g/mol. The number of rotatable bonds is 5. The normalized spacial score (nSPS) is 23.9. The van der Waals surface area contributed by atoms with Crippen LogP contribution in [0.1, 0.15) is 127 Å². The van der Waals surface area contributed by atoms with Gasteiger partial charge < -0.3 is 9.80 Å². The predicted molar refractivity (Wildman–Crippen MR) is 189 cm³/mol. The van der Waals surface area contributed by atoms with Crippen LogP contribution in [0, 0.1) is 11.8 Å². The summed E-state index contributed by atoms with van der Waals surface area (Å²) in [5.74, 6) is -0.408. The summed E-state index contributed by atoms with van der Waals surface area (Å²) in [7, 11) is 2.21. The van der Waals surface area contributed by atoms with Crippen molar-refractivity contribution in [3.05, 3.63) is 0 Å². The van der Waals surface area contributed by atoms with E-state index in [-0.39, 0.29) is 12.8 Å². The molecule has 3 saturated heterocycles. The number of likely N-dealkylation sites (tertiary alicyclic amines) is 1. The molecule has 0 N–H and O–H groups in total.